The Hall–Kier alpha value is -1.57. The van der Waals surface area contributed by atoms with Gasteiger partial charge in [-0.1, -0.05) is 240 Å². The SMILES string of the molecule is CCCCCCCCCCCCCCCCCCCC(Cc1ccccc1)C(CCCCCCCCCCCCCC)[C+]1N=CC=N1. The normalized spacial score (nSPS) is 14.0. The van der Waals surface area contributed by atoms with Gasteiger partial charge in [0.05, 0.1) is 5.92 Å². The quantitative estimate of drug-likeness (QED) is 0.0517. The summed E-state index contributed by atoms with van der Waals surface area (Å²) in [7, 11) is 0. The molecule has 0 aromatic heterocycles. The third-order valence-electron chi connectivity index (χ3n) is 10.8. The van der Waals surface area contributed by atoms with Crippen LogP contribution < -0.4 is 0 Å². The van der Waals surface area contributed by atoms with E-state index < -0.39 is 0 Å². The van der Waals surface area contributed by atoms with Crippen LogP contribution >= 0.6 is 0 Å². The predicted octanol–water partition coefficient (Wildman–Crippen LogP) is 15.2. The van der Waals surface area contributed by atoms with Gasteiger partial charge < -0.3 is 0 Å². The lowest BCUT2D eigenvalue weighted by Crippen LogP contribution is -2.22. The summed E-state index contributed by atoms with van der Waals surface area (Å²) in [5.74, 6) is 1.14. The highest BCUT2D eigenvalue weighted by Gasteiger charge is 2.35. The molecule has 1 aliphatic rings. The van der Waals surface area contributed by atoms with Crippen LogP contribution in [0.5, 0.6) is 0 Å². The number of nitrogens with zero attached hydrogens (tertiary/aromatic N) is 2. The lowest BCUT2D eigenvalue weighted by molar-refractivity contribution is 0.284. The van der Waals surface area contributed by atoms with Crippen LogP contribution in [0.15, 0.2) is 40.3 Å². The van der Waals surface area contributed by atoms with Crippen LogP contribution in [-0.2, 0) is 6.42 Å². The van der Waals surface area contributed by atoms with Gasteiger partial charge in [0.25, 0.3) is 0 Å². The lowest BCUT2D eigenvalue weighted by Gasteiger charge is -2.26. The molecule has 1 aliphatic heterocycles. The third-order valence-corrected chi connectivity index (χ3v) is 10.8. The maximum absolute atomic E-state index is 4.77. The number of rotatable bonds is 35. The Kier molecular flexibility index (Phi) is 28.0. The Morgan fingerprint density at radius 2 is 0.766 bits per heavy atom. The molecule has 0 bridgehead atoms. The molecule has 0 fully saturated rings. The highest BCUT2D eigenvalue weighted by Crippen LogP contribution is 2.37. The van der Waals surface area contributed by atoms with Gasteiger partial charge in [-0.05, 0) is 30.7 Å². The predicted molar refractivity (Wildman–Crippen MR) is 212 cm³/mol. The van der Waals surface area contributed by atoms with Crippen LogP contribution in [0.2, 0.25) is 0 Å². The molecule has 2 atom stereocenters. The Morgan fingerprint density at radius 3 is 1.15 bits per heavy atom. The largest absolute Gasteiger partial charge is 0.244 e. The average molecular weight is 648 g/mol. The van der Waals surface area contributed by atoms with Crippen molar-refractivity contribution in [2.45, 2.75) is 219 Å². The molecule has 0 spiro atoms. The molecule has 0 saturated heterocycles. The monoisotopic (exact) mass is 648 g/mol. The topological polar surface area (TPSA) is 24.7 Å². The van der Waals surface area contributed by atoms with E-state index in [1.807, 2.05) is 12.4 Å². The van der Waals surface area contributed by atoms with Crippen molar-refractivity contribution >= 4 is 12.4 Å². The molecule has 2 heteroatoms. The van der Waals surface area contributed by atoms with Gasteiger partial charge in [0, 0.05) is 0 Å². The second kappa shape index (κ2) is 31.7. The molecule has 1 aromatic rings. The van der Waals surface area contributed by atoms with Crippen molar-refractivity contribution in [2.24, 2.45) is 21.8 Å². The number of benzene rings is 1. The van der Waals surface area contributed by atoms with Crippen LogP contribution in [-0.4, -0.2) is 12.4 Å². The van der Waals surface area contributed by atoms with Crippen LogP contribution in [0.1, 0.15) is 218 Å². The molecule has 0 amide bonds. The van der Waals surface area contributed by atoms with E-state index in [0.717, 1.165) is 12.6 Å². The molecule has 0 radical (unpaired) electrons. The maximum atomic E-state index is 4.77. The van der Waals surface area contributed by atoms with Crippen LogP contribution in [0, 0.1) is 18.0 Å². The van der Waals surface area contributed by atoms with Gasteiger partial charge in [-0.2, -0.15) is 0 Å². The van der Waals surface area contributed by atoms with Crippen molar-refractivity contribution in [3.63, 3.8) is 0 Å². The van der Waals surface area contributed by atoms with E-state index >= 15 is 0 Å². The van der Waals surface area contributed by atoms with Gasteiger partial charge in [-0.25, -0.2) is 0 Å². The van der Waals surface area contributed by atoms with Gasteiger partial charge in [-0.3, -0.25) is 0 Å². The molecular formula is C45H79N2+. The summed E-state index contributed by atoms with van der Waals surface area (Å²) >= 11 is 0. The molecule has 2 nitrogen and oxygen atoms in total. The van der Waals surface area contributed by atoms with E-state index in [4.69, 9.17) is 9.98 Å². The zero-order valence-electron chi connectivity index (χ0n) is 31.7. The van der Waals surface area contributed by atoms with Crippen LogP contribution in [0.4, 0.5) is 0 Å². The van der Waals surface area contributed by atoms with Gasteiger partial charge in [0.15, 0.2) is 12.4 Å². The van der Waals surface area contributed by atoms with Gasteiger partial charge in [0.2, 0.25) is 6.17 Å². The molecule has 268 valence electrons. The minimum atomic E-state index is 0.495. The van der Waals surface area contributed by atoms with E-state index in [0.29, 0.717) is 11.8 Å². The van der Waals surface area contributed by atoms with Crippen LogP contribution in [0.25, 0.3) is 0 Å². The summed E-state index contributed by atoms with van der Waals surface area (Å²) in [6.07, 6.45) is 50.0. The van der Waals surface area contributed by atoms with E-state index in [1.165, 1.54) is 205 Å². The van der Waals surface area contributed by atoms with Crippen molar-refractivity contribution in [3.8, 4) is 0 Å². The summed E-state index contributed by atoms with van der Waals surface area (Å²) in [5, 5.41) is 0. The van der Waals surface area contributed by atoms with Crippen molar-refractivity contribution in [1.29, 1.82) is 0 Å². The minimum absolute atomic E-state index is 0.495. The van der Waals surface area contributed by atoms with E-state index in [9.17, 15) is 0 Å². The van der Waals surface area contributed by atoms with Gasteiger partial charge >= 0.3 is 0 Å². The molecule has 0 N–H and O–H groups in total. The van der Waals surface area contributed by atoms with Gasteiger partial charge in [-0.15, -0.1) is 0 Å². The Morgan fingerprint density at radius 1 is 0.426 bits per heavy atom. The number of unbranched alkanes of at least 4 members (excludes halogenated alkanes) is 27. The molecule has 1 heterocycles. The highest BCUT2D eigenvalue weighted by molar-refractivity contribution is 6.18. The van der Waals surface area contributed by atoms with Crippen molar-refractivity contribution in [3.05, 3.63) is 42.1 Å². The number of hydrogen-bond acceptors (Lipinski definition) is 2. The Labute approximate surface area is 294 Å². The lowest BCUT2D eigenvalue weighted by atomic mass is 9.78. The fourth-order valence-electron chi connectivity index (χ4n) is 7.72. The van der Waals surface area contributed by atoms with E-state index in [-0.39, 0.29) is 0 Å². The number of hydrogen-bond donors (Lipinski definition) is 0. The second-order valence-electron chi connectivity index (χ2n) is 15.1. The zero-order chi connectivity index (χ0) is 33.3. The fraction of sp³-hybridized carbons (Fsp3) is 0.800. The zero-order valence-corrected chi connectivity index (χ0v) is 31.7. The Balaban J connectivity index is 1.62. The van der Waals surface area contributed by atoms with Crippen molar-refractivity contribution in [2.75, 3.05) is 0 Å². The van der Waals surface area contributed by atoms with Crippen molar-refractivity contribution < 1.29 is 0 Å². The molecule has 2 rings (SSSR count). The van der Waals surface area contributed by atoms with Crippen molar-refractivity contribution in [1.82, 2.24) is 0 Å². The summed E-state index contributed by atoms with van der Waals surface area (Å²) in [4.78, 5) is 9.54. The first-order chi connectivity index (χ1) is 23.3. The minimum Gasteiger partial charge on any atom is -0.0965 e. The smallest absolute Gasteiger partial charge is 0.0965 e. The first-order valence-electron chi connectivity index (χ1n) is 21.3. The second-order valence-corrected chi connectivity index (χ2v) is 15.1. The van der Waals surface area contributed by atoms with Gasteiger partial charge in [0.1, 0.15) is 0 Å². The van der Waals surface area contributed by atoms with E-state index in [2.05, 4.69) is 44.2 Å². The first-order valence-corrected chi connectivity index (χ1v) is 21.3. The average Bonchev–Trinajstić information content (AvgIpc) is 3.63. The molecule has 1 aromatic carbocycles. The summed E-state index contributed by atoms with van der Waals surface area (Å²) in [6, 6.07) is 11.2. The summed E-state index contributed by atoms with van der Waals surface area (Å²) in [6.45, 7) is 4.61. The summed E-state index contributed by atoms with van der Waals surface area (Å²) in [5.41, 5.74) is 1.48. The molecule has 0 saturated carbocycles. The van der Waals surface area contributed by atoms with E-state index in [1.54, 1.807) is 0 Å². The highest BCUT2D eigenvalue weighted by atomic mass is 15.0. The number of aliphatic imine (C=N–C) groups is 2. The standard InChI is InChI=1S/C45H79N2/c1-3-5-7-9-11-13-15-17-18-19-20-21-22-24-26-28-33-37-43(41-42-35-31-30-32-36-42)44(45-46-39-40-47-45)38-34-29-27-25-23-16-14-12-10-8-6-4-2/h30-32,35-36,39-40,43-44H,3-29,33-34,37-38,41H2,1-2H3/q+1. The molecule has 47 heavy (non-hydrogen) atoms. The Bertz CT molecular complexity index is 818. The fourth-order valence-corrected chi connectivity index (χ4v) is 7.72. The first kappa shape index (κ1) is 41.6. The van der Waals surface area contributed by atoms with Crippen LogP contribution in [0.3, 0.4) is 0 Å². The third kappa shape index (κ3) is 23.4. The summed E-state index contributed by atoms with van der Waals surface area (Å²) < 4.78 is 0. The molecule has 2 unspecified atom stereocenters. The molecular weight excluding hydrogens is 569 g/mol. The molecule has 0 aliphatic carbocycles. The maximum Gasteiger partial charge on any atom is 0.244 e.